The van der Waals surface area contributed by atoms with Gasteiger partial charge in [-0.25, -0.2) is 5.48 Å². The largest absolute Gasteiger partial charge is 0.489 e. The van der Waals surface area contributed by atoms with Crippen molar-refractivity contribution in [3.63, 3.8) is 0 Å². The zero-order valence-electron chi connectivity index (χ0n) is 20.6. The van der Waals surface area contributed by atoms with Crippen molar-refractivity contribution in [1.82, 2.24) is 10.8 Å². The van der Waals surface area contributed by atoms with Gasteiger partial charge in [0.1, 0.15) is 12.4 Å². The van der Waals surface area contributed by atoms with Crippen LogP contribution in [-0.2, 0) is 6.42 Å². The fourth-order valence-electron chi connectivity index (χ4n) is 3.95. The van der Waals surface area contributed by atoms with Crippen molar-refractivity contribution in [3.05, 3.63) is 83.9 Å². The minimum Gasteiger partial charge on any atom is -0.489 e. The molecule has 3 aromatic carbocycles. The molecule has 3 rings (SSSR count). The average molecular weight is 462 g/mol. The molecule has 0 unspecified atom stereocenters. The van der Waals surface area contributed by atoms with E-state index in [9.17, 15) is 0 Å². The Morgan fingerprint density at radius 1 is 0.912 bits per heavy atom. The first-order chi connectivity index (χ1) is 16.7. The molecule has 0 aromatic heterocycles. The maximum Gasteiger partial charge on any atom is 0.127 e. The lowest BCUT2D eigenvalue weighted by Gasteiger charge is -2.14. The van der Waals surface area contributed by atoms with Crippen LogP contribution in [0.15, 0.2) is 78.4 Å². The molecule has 0 saturated heterocycles. The summed E-state index contributed by atoms with van der Waals surface area (Å²) in [7, 11) is 4.13. The van der Waals surface area contributed by atoms with Crippen molar-refractivity contribution in [2.45, 2.75) is 32.1 Å². The van der Waals surface area contributed by atoms with E-state index in [-0.39, 0.29) is 0 Å². The SMILES string of the molecule is CN(C)c1ccc(CCNC/C(=C\CCCCCNO)COc2cccc3ccccc23)cc1. The summed E-state index contributed by atoms with van der Waals surface area (Å²) in [5.74, 6) is 0.930. The molecule has 0 aliphatic rings. The average Bonchev–Trinajstić information content (AvgIpc) is 2.86. The van der Waals surface area contributed by atoms with Crippen molar-refractivity contribution in [2.24, 2.45) is 0 Å². The van der Waals surface area contributed by atoms with Crippen molar-refractivity contribution in [2.75, 3.05) is 45.2 Å². The summed E-state index contributed by atoms with van der Waals surface area (Å²) in [5, 5.41) is 14.7. The number of nitrogens with zero attached hydrogens (tertiary/aromatic N) is 1. The van der Waals surface area contributed by atoms with Gasteiger partial charge in [0, 0.05) is 38.3 Å². The molecule has 182 valence electrons. The van der Waals surface area contributed by atoms with Gasteiger partial charge in [-0.05, 0) is 66.9 Å². The van der Waals surface area contributed by atoms with Crippen LogP contribution in [0.25, 0.3) is 10.8 Å². The van der Waals surface area contributed by atoms with E-state index in [1.165, 1.54) is 22.2 Å². The molecular weight excluding hydrogens is 422 g/mol. The summed E-state index contributed by atoms with van der Waals surface area (Å²) in [4.78, 5) is 2.12. The van der Waals surface area contributed by atoms with Gasteiger partial charge in [0.2, 0.25) is 0 Å². The molecule has 3 N–H and O–H groups in total. The second-order valence-corrected chi connectivity index (χ2v) is 8.87. The minimum atomic E-state index is 0.580. The standard InChI is InChI=1S/C29H39N3O2/c1-32(2)27-17-15-24(16-18-27)19-21-30-22-25(10-5-3-4-8-20-31-33)23-34-29-14-9-12-26-11-6-7-13-28(26)29/h6-7,9-18,30-31,33H,3-5,8,19-23H2,1-2H3/b25-10+. The van der Waals surface area contributed by atoms with Gasteiger partial charge in [-0.2, -0.15) is 0 Å². The highest BCUT2D eigenvalue weighted by atomic mass is 16.5. The van der Waals surface area contributed by atoms with Crippen molar-refractivity contribution in [3.8, 4) is 5.75 Å². The maximum absolute atomic E-state index is 8.72. The molecule has 0 fully saturated rings. The summed E-state index contributed by atoms with van der Waals surface area (Å²) in [5.41, 5.74) is 6.07. The number of unbranched alkanes of at least 4 members (excludes halogenated alkanes) is 3. The molecule has 5 heteroatoms. The predicted molar refractivity (Wildman–Crippen MR) is 143 cm³/mol. The van der Waals surface area contributed by atoms with Crippen LogP contribution in [0, 0.1) is 0 Å². The number of anilines is 1. The number of hydroxylamine groups is 1. The monoisotopic (exact) mass is 461 g/mol. The third-order valence-corrected chi connectivity index (χ3v) is 5.98. The van der Waals surface area contributed by atoms with E-state index in [1.807, 2.05) is 6.07 Å². The molecule has 0 saturated carbocycles. The summed E-state index contributed by atoms with van der Waals surface area (Å²) in [6.07, 6.45) is 7.52. The van der Waals surface area contributed by atoms with Crippen LogP contribution < -0.4 is 20.4 Å². The number of nitrogens with one attached hydrogen (secondary N) is 2. The Labute approximate surface area is 204 Å². The van der Waals surface area contributed by atoms with E-state index in [1.54, 1.807) is 0 Å². The fraction of sp³-hybridized carbons (Fsp3) is 0.379. The zero-order valence-corrected chi connectivity index (χ0v) is 20.6. The van der Waals surface area contributed by atoms with Crippen LogP contribution in [0.4, 0.5) is 5.69 Å². The zero-order chi connectivity index (χ0) is 24.0. The van der Waals surface area contributed by atoms with Gasteiger partial charge in [-0.3, -0.25) is 0 Å². The summed E-state index contributed by atoms with van der Waals surface area (Å²) < 4.78 is 6.27. The van der Waals surface area contributed by atoms with Crippen LogP contribution in [0.3, 0.4) is 0 Å². The lowest BCUT2D eigenvalue weighted by Crippen LogP contribution is -2.22. The quantitative estimate of drug-likeness (QED) is 0.157. The van der Waals surface area contributed by atoms with Crippen LogP contribution in [0.1, 0.15) is 31.2 Å². The molecule has 0 aliphatic heterocycles. The number of fused-ring (bicyclic) bond motifs is 1. The van der Waals surface area contributed by atoms with E-state index in [2.05, 4.69) is 96.5 Å². The lowest BCUT2D eigenvalue weighted by atomic mass is 10.1. The first-order valence-electron chi connectivity index (χ1n) is 12.3. The Bertz CT molecular complexity index is 1010. The summed E-state index contributed by atoms with van der Waals surface area (Å²) in [6, 6.07) is 23.3. The number of hydrogen-bond donors (Lipinski definition) is 3. The molecule has 0 atom stereocenters. The van der Waals surface area contributed by atoms with Crippen LogP contribution >= 0.6 is 0 Å². The normalized spacial score (nSPS) is 11.7. The topological polar surface area (TPSA) is 56.8 Å². The third-order valence-electron chi connectivity index (χ3n) is 5.98. The van der Waals surface area contributed by atoms with E-state index in [0.717, 1.165) is 56.3 Å². The van der Waals surface area contributed by atoms with Gasteiger partial charge < -0.3 is 20.2 Å². The van der Waals surface area contributed by atoms with Gasteiger partial charge in [0.05, 0.1) is 0 Å². The Kier molecular flexibility index (Phi) is 10.9. The fourth-order valence-corrected chi connectivity index (χ4v) is 3.95. The van der Waals surface area contributed by atoms with Crippen molar-refractivity contribution in [1.29, 1.82) is 0 Å². The van der Waals surface area contributed by atoms with Gasteiger partial charge in [0.15, 0.2) is 0 Å². The second-order valence-electron chi connectivity index (χ2n) is 8.87. The molecular formula is C29H39N3O2. The molecule has 34 heavy (non-hydrogen) atoms. The molecule has 0 bridgehead atoms. The summed E-state index contributed by atoms with van der Waals surface area (Å²) >= 11 is 0. The van der Waals surface area contributed by atoms with E-state index >= 15 is 0 Å². The lowest BCUT2D eigenvalue weighted by molar-refractivity contribution is 0.164. The molecule has 5 nitrogen and oxygen atoms in total. The minimum absolute atomic E-state index is 0.580. The number of benzene rings is 3. The molecule has 0 amide bonds. The number of ether oxygens (including phenoxy) is 1. The van der Waals surface area contributed by atoms with E-state index in [0.29, 0.717) is 13.2 Å². The van der Waals surface area contributed by atoms with Gasteiger partial charge in [0.25, 0.3) is 0 Å². The maximum atomic E-state index is 8.72. The third kappa shape index (κ3) is 8.49. The second kappa shape index (κ2) is 14.4. The smallest absolute Gasteiger partial charge is 0.127 e. The number of allylic oxidation sites excluding steroid dienone is 1. The van der Waals surface area contributed by atoms with Crippen LogP contribution in [0.5, 0.6) is 5.75 Å². The Morgan fingerprint density at radius 3 is 2.50 bits per heavy atom. The Morgan fingerprint density at radius 2 is 1.71 bits per heavy atom. The van der Waals surface area contributed by atoms with Gasteiger partial charge >= 0.3 is 0 Å². The Balaban J connectivity index is 1.53. The van der Waals surface area contributed by atoms with Crippen molar-refractivity contribution < 1.29 is 9.94 Å². The molecule has 3 aromatic rings. The molecule has 0 heterocycles. The summed E-state index contributed by atoms with van der Waals surface area (Å²) in [6.45, 7) is 2.97. The molecule has 0 spiro atoms. The van der Waals surface area contributed by atoms with Gasteiger partial charge in [-0.1, -0.05) is 61.0 Å². The molecule has 0 radical (unpaired) electrons. The van der Waals surface area contributed by atoms with Crippen LogP contribution in [0.2, 0.25) is 0 Å². The van der Waals surface area contributed by atoms with Crippen LogP contribution in [-0.4, -0.2) is 45.5 Å². The number of rotatable bonds is 15. The van der Waals surface area contributed by atoms with E-state index < -0.39 is 0 Å². The molecule has 0 aliphatic carbocycles. The Hall–Kier alpha value is -2.86. The first kappa shape index (κ1) is 25.8. The highest BCUT2D eigenvalue weighted by Crippen LogP contribution is 2.25. The van der Waals surface area contributed by atoms with E-state index in [4.69, 9.17) is 9.94 Å². The predicted octanol–water partition coefficient (Wildman–Crippen LogP) is 5.58. The highest BCUT2D eigenvalue weighted by Gasteiger charge is 2.05. The number of hydrogen-bond acceptors (Lipinski definition) is 5. The van der Waals surface area contributed by atoms with Gasteiger partial charge in [-0.15, -0.1) is 0 Å². The first-order valence-corrected chi connectivity index (χ1v) is 12.3. The highest BCUT2D eigenvalue weighted by molar-refractivity contribution is 5.88. The van der Waals surface area contributed by atoms with Crippen molar-refractivity contribution >= 4 is 16.5 Å².